The number of methoxy groups -OCH3 is 2. The van der Waals surface area contributed by atoms with E-state index >= 15 is 0 Å². The van der Waals surface area contributed by atoms with E-state index in [0.717, 1.165) is 17.5 Å². The van der Waals surface area contributed by atoms with Crippen LogP contribution in [0.4, 0.5) is 4.39 Å². The third kappa shape index (κ3) is 4.47. The Morgan fingerprint density at radius 3 is 2.31 bits per heavy atom. The lowest BCUT2D eigenvalue weighted by molar-refractivity contribution is -0.143. The third-order valence-electron chi connectivity index (χ3n) is 5.13. The van der Waals surface area contributed by atoms with Gasteiger partial charge in [-0.05, 0) is 53.9 Å². The van der Waals surface area contributed by atoms with Gasteiger partial charge in [0.15, 0.2) is 11.5 Å². The van der Waals surface area contributed by atoms with Crippen LogP contribution in [0, 0.1) is 11.2 Å². The van der Waals surface area contributed by atoms with Crippen LogP contribution < -0.4 is 14.2 Å². The van der Waals surface area contributed by atoms with Gasteiger partial charge >= 0.3 is 0 Å². The fourth-order valence-corrected chi connectivity index (χ4v) is 3.59. The zero-order valence-electron chi connectivity index (χ0n) is 17.6. The molecule has 0 bridgehead atoms. The first-order valence-corrected chi connectivity index (χ1v) is 9.69. The molecule has 0 spiro atoms. The van der Waals surface area contributed by atoms with Crippen LogP contribution in [0.2, 0.25) is 0 Å². The van der Waals surface area contributed by atoms with E-state index in [2.05, 4.69) is 0 Å². The van der Waals surface area contributed by atoms with Crippen molar-refractivity contribution in [1.82, 2.24) is 4.90 Å². The molecule has 0 N–H and O–H groups in total. The van der Waals surface area contributed by atoms with Crippen LogP contribution in [0.3, 0.4) is 0 Å². The summed E-state index contributed by atoms with van der Waals surface area (Å²) in [6.45, 7) is 6.60. The first kappa shape index (κ1) is 21.0. The molecule has 2 aromatic carbocycles. The number of rotatable bonds is 5. The maximum Gasteiger partial charge on any atom is 0.228 e. The van der Waals surface area contributed by atoms with Crippen LogP contribution in [0.5, 0.6) is 17.2 Å². The molecule has 3 rings (SSSR count). The van der Waals surface area contributed by atoms with Gasteiger partial charge in [-0.3, -0.25) is 4.79 Å². The summed E-state index contributed by atoms with van der Waals surface area (Å²) >= 11 is 0. The van der Waals surface area contributed by atoms with Crippen LogP contribution in [-0.2, 0) is 11.2 Å². The van der Waals surface area contributed by atoms with Crippen LogP contribution in [-0.4, -0.2) is 38.2 Å². The SMILES string of the molecule is COc1cc2c(cc1OC)[C@@H](COc1ccc(F)cc1)N(C(=O)C(C)(C)C)CC2. The van der Waals surface area contributed by atoms with Gasteiger partial charge in [0, 0.05) is 12.0 Å². The Kier molecular flexibility index (Phi) is 6.01. The molecule has 6 heteroatoms. The van der Waals surface area contributed by atoms with E-state index in [1.54, 1.807) is 26.4 Å². The van der Waals surface area contributed by atoms with E-state index in [1.807, 2.05) is 37.8 Å². The van der Waals surface area contributed by atoms with Gasteiger partial charge in [0.1, 0.15) is 18.2 Å². The highest BCUT2D eigenvalue weighted by atomic mass is 19.1. The fraction of sp³-hybridized carbons (Fsp3) is 0.435. The Hall–Kier alpha value is -2.76. The van der Waals surface area contributed by atoms with Crippen molar-refractivity contribution in [2.75, 3.05) is 27.4 Å². The lowest BCUT2D eigenvalue weighted by Crippen LogP contribution is -2.47. The number of amides is 1. The first-order valence-electron chi connectivity index (χ1n) is 9.69. The number of carbonyl (C=O) groups is 1. The number of ether oxygens (including phenoxy) is 3. The van der Waals surface area contributed by atoms with Gasteiger partial charge in [-0.25, -0.2) is 4.39 Å². The maximum atomic E-state index is 13.2. The van der Waals surface area contributed by atoms with E-state index in [9.17, 15) is 9.18 Å². The van der Waals surface area contributed by atoms with Gasteiger partial charge in [0.05, 0.1) is 20.3 Å². The number of halogens is 1. The summed E-state index contributed by atoms with van der Waals surface area (Å²) in [6, 6.07) is 9.50. The number of nitrogens with zero attached hydrogens (tertiary/aromatic N) is 1. The van der Waals surface area contributed by atoms with Crippen molar-refractivity contribution in [2.24, 2.45) is 5.41 Å². The van der Waals surface area contributed by atoms with Crippen molar-refractivity contribution in [3.8, 4) is 17.2 Å². The molecule has 5 nitrogen and oxygen atoms in total. The largest absolute Gasteiger partial charge is 0.493 e. The zero-order valence-corrected chi connectivity index (χ0v) is 17.6. The fourth-order valence-electron chi connectivity index (χ4n) is 3.59. The highest BCUT2D eigenvalue weighted by Gasteiger charge is 2.37. The van der Waals surface area contributed by atoms with Gasteiger partial charge in [-0.1, -0.05) is 20.8 Å². The number of fused-ring (bicyclic) bond motifs is 1. The summed E-state index contributed by atoms with van der Waals surface area (Å²) in [4.78, 5) is 15.0. The van der Waals surface area contributed by atoms with Gasteiger partial charge in [-0.15, -0.1) is 0 Å². The molecular weight excluding hydrogens is 373 g/mol. The van der Waals surface area contributed by atoms with E-state index in [-0.39, 0.29) is 24.4 Å². The molecule has 1 amide bonds. The van der Waals surface area contributed by atoms with Gasteiger partial charge in [0.2, 0.25) is 5.91 Å². The second kappa shape index (κ2) is 8.31. The monoisotopic (exact) mass is 401 g/mol. The Morgan fingerprint density at radius 2 is 1.72 bits per heavy atom. The molecule has 0 aromatic heterocycles. The molecule has 1 heterocycles. The number of carbonyl (C=O) groups excluding carboxylic acids is 1. The van der Waals surface area contributed by atoms with Crippen molar-refractivity contribution in [3.05, 3.63) is 53.3 Å². The topological polar surface area (TPSA) is 48.0 Å². The Labute approximate surface area is 171 Å². The van der Waals surface area contributed by atoms with Crippen LogP contribution >= 0.6 is 0 Å². The van der Waals surface area contributed by atoms with Crippen molar-refractivity contribution >= 4 is 5.91 Å². The van der Waals surface area contributed by atoms with Crippen LogP contribution in [0.1, 0.15) is 37.9 Å². The predicted octanol–water partition coefficient (Wildman–Crippen LogP) is 4.39. The molecule has 0 saturated heterocycles. The molecule has 0 unspecified atom stereocenters. The normalized spacial score (nSPS) is 16.2. The molecule has 1 aliphatic heterocycles. The first-order chi connectivity index (χ1) is 13.7. The van der Waals surface area contributed by atoms with Crippen molar-refractivity contribution in [1.29, 1.82) is 0 Å². The molecule has 0 saturated carbocycles. The van der Waals surface area contributed by atoms with E-state index in [0.29, 0.717) is 23.8 Å². The smallest absolute Gasteiger partial charge is 0.228 e. The minimum Gasteiger partial charge on any atom is -0.493 e. The predicted molar refractivity (Wildman–Crippen MR) is 109 cm³/mol. The summed E-state index contributed by atoms with van der Waals surface area (Å²) in [5.41, 5.74) is 1.57. The Bertz CT molecular complexity index is 874. The van der Waals surface area contributed by atoms with Crippen molar-refractivity contribution < 1.29 is 23.4 Å². The van der Waals surface area contributed by atoms with Crippen molar-refractivity contribution in [3.63, 3.8) is 0 Å². The number of hydrogen-bond donors (Lipinski definition) is 0. The lowest BCUT2D eigenvalue weighted by Gasteiger charge is -2.40. The summed E-state index contributed by atoms with van der Waals surface area (Å²) in [7, 11) is 3.20. The summed E-state index contributed by atoms with van der Waals surface area (Å²) in [6.07, 6.45) is 0.727. The van der Waals surface area contributed by atoms with Crippen LogP contribution in [0.15, 0.2) is 36.4 Å². The Balaban J connectivity index is 1.97. The molecule has 0 radical (unpaired) electrons. The highest BCUT2D eigenvalue weighted by molar-refractivity contribution is 5.82. The molecule has 2 aromatic rings. The maximum absolute atomic E-state index is 13.2. The van der Waals surface area contributed by atoms with E-state index in [4.69, 9.17) is 14.2 Å². The van der Waals surface area contributed by atoms with Crippen molar-refractivity contribution in [2.45, 2.75) is 33.2 Å². The second-order valence-corrected chi connectivity index (χ2v) is 8.19. The zero-order chi connectivity index (χ0) is 21.2. The van der Waals surface area contributed by atoms with Gasteiger partial charge in [-0.2, -0.15) is 0 Å². The van der Waals surface area contributed by atoms with Crippen LogP contribution in [0.25, 0.3) is 0 Å². The summed E-state index contributed by atoms with van der Waals surface area (Å²) in [5.74, 6) is 1.58. The van der Waals surface area contributed by atoms with E-state index < -0.39 is 5.41 Å². The molecule has 1 atom stereocenters. The minimum atomic E-state index is -0.512. The average molecular weight is 401 g/mol. The Morgan fingerprint density at radius 1 is 1.10 bits per heavy atom. The van der Waals surface area contributed by atoms with Gasteiger partial charge in [0.25, 0.3) is 0 Å². The summed E-state index contributed by atoms with van der Waals surface area (Å²) in [5, 5.41) is 0. The molecular formula is C23H28FNO4. The second-order valence-electron chi connectivity index (χ2n) is 8.19. The van der Waals surface area contributed by atoms with Gasteiger partial charge < -0.3 is 19.1 Å². The lowest BCUT2D eigenvalue weighted by atomic mass is 9.88. The number of benzene rings is 2. The molecule has 0 aliphatic carbocycles. The third-order valence-corrected chi connectivity index (χ3v) is 5.13. The highest BCUT2D eigenvalue weighted by Crippen LogP contribution is 2.39. The molecule has 156 valence electrons. The molecule has 0 fully saturated rings. The quantitative estimate of drug-likeness (QED) is 0.745. The minimum absolute atomic E-state index is 0.0608. The number of hydrogen-bond acceptors (Lipinski definition) is 4. The van der Waals surface area contributed by atoms with E-state index in [1.165, 1.54) is 12.1 Å². The summed E-state index contributed by atoms with van der Waals surface area (Å²) < 4.78 is 30.1. The standard InChI is InChI=1S/C23H28FNO4/c1-23(2,3)22(26)25-11-10-15-12-20(27-4)21(28-5)13-18(15)19(25)14-29-17-8-6-16(24)7-9-17/h6-9,12-13,19H,10-11,14H2,1-5H3/t19-/m1/s1. The molecule has 1 aliphatic rings. The molecule has 29 heavy (non-hydrogen) atoms. The average Bonchev–Trinajstić information content (AvgIpc) is 2.70.